The lowest BCUT2D eigenvalue weighted by atomic mass is 9.99. The molecule has 0 aromatic carbocycles. The van der Waals surface area contributed by atoms with Crippen LogP contribution >= 0.6 is 0 Å². The first kappa shape index (κ1) is 18.5. The highest BCUT2D eigenvalue weighted by atomic mass is 16.7. The summed E-state index contributed by atoms with van der Waals surface area (Å²) in [6.07, 6.45) is 8.61. The van der Waals surface area contributed by atoms with Crippen molar-refractivity contribution in [3.05, 3.63) is 28.2 Å². The van der Waals surface area contributed by atoms with E-state index in [0.717, 1.165) is 38.6 Å². The van der Waals surface area contributed by atoms with Crippen LogP contribution in [0.2, 0.25) is 0 Å². The zero-order valence-electron chi connectivity index (χ0n) is 14.8. The van der Waals surface area contributed by atoms with Gasteiger partial charge in [0.05, 0.1) is 6.61 Å². The average Bonchev–Trinajstić information content (AvgIpc) is 2.62. The Balaban J connectivity index is 2.21. The van der Waals surface area contributed by atoms with Crippen molar-refractivity contribution in [2.24, 2.45) is 5.92 Å². The summed E-state index contributed by atoms with van der Waals surface area (Å²) >= 11 is 0. The van der Waals surface area contributed by atoms with Crippen molar-refractivity contribution < 1.29 is 9.47 Å². The number of unbranched alkanes of at least 4 members (excludes halogenated alkanes) is 1. The quantitative estimate of drug-likeness (QED) is 0.725. The Labute approximate surface area is 144 Å². The first-order chi connectivity index (χ1) is 11.7. The summed E-state index contributed by atoms with van der Waals surface area (Å²) in [6, 6.07) is 3.65. The average molecular weight is 332 g/mol. The number of rotatable bonds is 8. The molecule has 24 heavy (non-hydrogen) atoms. The molecule has 0 saturated carbocycles. The number of ether oxygens (including phenoxy) is 2. The zero-order valence-corrected chi connectivity index (χ0v) is 14.8. The second-order valence-corrected chi connectivity index (χ2v) is 6.45. The number of nitrogens with zero attached hydrogens (tertiary/aromatic N) is 2. The summed E-state index contributed by atoms with van der Waals surface area (Å²) in [5, 5.41) is 9.58. The number of hydrogen-bond donors (Lipinski definition) is 0. The van der Waals surface area contributed by atoms with Crippen LogP contribution in [0.1, 0.15) is 64.5 Å². The van der Waals surface area contributed by atoms with E-state index in [9.17, 15) is 10.1 Å². The molecule has 2 rings (SSSR count). The number of aromatic nitrogens is 1. The van der Waals surface area contributed by atoms with E-state index in [1.165, 1.54) is 18.9 Å². The van der Waals surface area contributed by atoms with Gasteiger partial charge in [0.1, 0.15) is 6.07 Å². The molecule has 2 unspecified atom stereocenters. The lowest BCUT2D eigenvalue weighted by molar-refractivity contribution is -0.106. The Hall–Kier alpha value is -1.80. The first-order valence-electron chi connectivity index (χ1n) is 9.11. The van der Waals surface area contributed by atoms with Crippen molar-refractivity contribution in [3.8, 4) is 11.8 Å². The van der Waals surface area contributed by atoms with E-state index in [1.54, 1.807) is 6.20 Å². The van der Waals surface area contributed by atoms with Crippen LogP contribution in [-0.2, 0) is 11.3 Å². The van der Waals surface area contributed by atoms with Gasteiger partial charge in [0.2, 0.25) is 11.2 Å². The SMILES string of the molecule is CCCCC(CC)Cn1ccc(=O)c(OC2CCCCO2)c1C#N. The van der Waals surface area contributed by atoms with Crippen molar-refractivity contribution in [1.82, 2.24) is 4.57 Å². The van der Waals surface area contributed by atoms with Gasteiger partial charge in [-0.3, -0.25) is 4.79 Å². The number of hydrogen-bond acceptors (Lipinski definition) is 4. The highest BCUT2D eigenvalue weighted by Gasteiger charge is 2.21. The third kappa shape index (κ3) is 4.85. The van der Waals surface area contributed by atoms with Crippen molar-refractivity contribution >= 4 is 0 Å². The highest BCUT2D eigenvalue weighted by molar-refractivity contribution is 5.38. The third-order valence-electron chi connectivity index (χ3n) is 4.62. The molecule has 132 valence electrons. The van der Waals surface area contributed by atoms with Crippen molar-refractivity contribution in [3.63, 3.8) is 0 Å². The largest absolute Gasteiger partial charge is 0.458 e. The van der Waals surface area contributed by atoms with Crippen LogP contribution in [-0.4, -0.2) is 17.5 Å². The molecule has 1 aromatic rings. The van der Waals surface area contributed by atoms with Gasteiger partial charge >= 0.3 is 0 Å². The van der Waals surface area contributed by atoms with E-state index >= 15 is 0 Å². The van der Waals surface area contributed by atoms with Gasteiger partial charge in [-0.25, -0.2) is 0 Å². The van der Waals surface area contributed by atoms with E-state index in [4.69, 9.17) is 9.47 Å². The first-order valence-corrected chi connectivity index (χ1v) is 9.11. The molecule has 2 heterocycles. The van der Waals surface area contributed by atoms with Crippen molar-refractivity contribution in [1.29, 1.82) is 5.26 Å². The number of nitriles is 1. The second kappa shape index (κ2) is 9.48. The smallest absolute Gasteiger partial charge is 0.224 e. The van der Waals surface area contributed by atoms with Gasteiger partial charge in [-0.15, -0.1) is 0 Å². The normalized spacial score (nSPS) is 18.8. The summed E-state index contributed by atoms with van der Waals surface area (Å²) in [6.45, 7) is 5.73. The van der Waals surface area contributed by atoms with Crippen LogP contribution in [0.25, 0.3) is 0 Å². The molecule has 5 heteroatoms. The lowest BCUT2D eigenvalue weighted by Crippen LogP contribution is -2.28. The van der Waals surface area contributed by atoms with E-state index in [0.29, 0.717) is 18.2 Å². The molecule has 1 saturated heterocycles. The molecule has 0 spiro atoms. The van der Waals surface area contributed by atoms with Gasteiger partial charge in [0, 0.05) is 25.2 Å². The summed E-state index contributed by atoms with van der Waals surface area (Å²) in [5.41, 5.74) is 0.0604. The molecule has 1 fully saturated rings. The van der Waals surface area contributed by atoms with Gasteiger partial charge in [-0.2, -0.15) is 5.26 Å². The summed E-state index contributed by atoms with van der Waals surface area (Å²) in [4.78, 5) is 12.2. The minimum absolute atomic E-state index is 0.136. The third-order valence-corrected chi connectivity index (χ3v) is 4.62. The predicted molar refractivity (Wildman–Crippen MR) is 92.9 cm³/mol. The fraction of sp³-hybridized carbons (Fsp3) is 0.684. The van der Waals surface area contributed by atoms with Gasteiger partial charge in [0.25, 0.3) is 0 Å². The molecular formula is C19H28N2O3. The maximum Gasteiger partial charge on any atom is 0.224 e. The molecule has 0 N–H and O–H groups in total. The Morgan fingerprint density at radius 3 is 2.92 bits per heavy atom. The van der Waals surface area contributed by atoms with Gasteiger partial charge in [-0.1, -0.05) is 33.1 Å². The minimum atomic E-state index is -0.420. The minimum Gasteiger partial charge on any atom is -0.458 e. The predicted octanol–water partition coefficient (Wildman–Crippen LogP) is 3.84. The summed E-state index contributed by atoms with van der Waals surface area (Å²) in [5.74, 6) is 0.635. The molecule has 1 aliphatic heterocycles. The molecule has 2 atom stereocenters. The van der Waals surface area contributed by atoms with Crippen LogP contribution in [0.4, 0.5) is 0 Å². The Kier molecular flexibility index (Phi) is 7.33. The topological polar surface area (TPSA) is 64.2 Å². The summed E-state index contributed by atoms with van der Waals surface area (Å²) < 4.78 is 13.2. The fourth-order valence-electron chi connectivity index (χ4n) is 3.07. The Morgan fingerprint density at radius 1 is 1.46 bits per heavy atom. The van der Waals surface area contributed by atoms with Crippen LogP contribution < -0.4 is 10.2 Å². The standard InChI is InChI=1S/C19H28N2O3/c1-3-5-8-15(4-2)14-21-11-10-17(22)19(16(21)13-20)24-18-9-6-7-12-23-18/h10-11,15,18H,3-9,12,14H2,1-2H3. The van der Waals surface area contributed by atoms with Crippen LogP contribution in [0.5, 0.6) is 5.75 Å². The molecule has 1 aliphatic rings. The second-order valence-electron chi connectivity index (χ2n) is 6.45. The molecule has 0 amide bonds. The monoisotopic (exact) mass is 332 g/mol. The van der Waals surface area contributed by atoms with Crippen molar-refractivity contribution in [2.75, 3.05) is 6.61 Å². The van der Waals surface area contributed by atoms with Crippen LogP contribution in [0.3, 0.4) is 0 Å². The maximum atomic E-state index is 12.2. The van der Waals surface area contributed by atoms with Crippen molar-refractivity contribution in [2.45, 2.75) is 71.6 Å². The lowest BCUT2D eigenvalue weighted by Gasteiger charge is -2.24. The molecule has 0 radical (unpaired) electrons. The molecule has 0 aliphatic carbocycles. The molecule has 5 nitrogen and oxygen atoms in total. The van der Waals surface area contributed by atoms with E-state index < -0.39 is 6.29 Å². The Morgan fingerprint density at radius 2 is 2.29 bits per heavy atom. The van der Waals surface area contributed by atoms with E-state index in [1.807, 2.05) is 4.57 Å². The number of pyridine rings is 1. The fourth-order valence-corrected chi connectivity index (χ4v) is 3.07. The van der Waals surface area contributed by atoms with Gasteiger partial charge in [0.15, 0.2) is 12.0 Å². The van der Waals surface area contributed by atoms with Crippen LogP contribution in [0, 0.1) is 17.2 Å². The highest BCUT2D eigenvalue weighted by Crippen LogP contribution is 2.22. The van der Waals surface area contributed by atoms with Gasteiger partial charge in [-0.05, 0) is 25.2 Å². The molecule has 0 bridgehead atoms. The summed E-state index contributed by atoms with van der Waals surface area (Å²) in [7, 11) is 0. The van der Waals surface area contributed by atoms with Gasteiger partial charge < -0.3 is 14.0 Å². The Bertz CT molecular complexity index is 612. The zero-order chi connectivity index (χ0) is 17.4. The maximum absolute atomic E-state index is 12.2. The molecular weight excluding hydrogens is 304 g/mol. The molecule has 1 aromatic heterocycles. The van der Waals surface area contributed by atoms with Crippen LogP contribution in [0.15, 0.2) is 17.1 Å². The van der Waals surface area contributed by atoms with E-state index in [-0.39, 0.29) is 11.2 Å². The van der Waals surface area contributed by atoms with E-state index in [2.05, 4.69) is 19.9 Å².